The second-order valence-electron chi connectivity index (χ2n) is 3.50. The third kappa shape index (κ3) is 3.96. The molecule has 0 heterocycles. The molecule has 0 saturated carbocycles. The molecule has 0 aliphatic heterocycles. The molecule has 0 spiro atoms. The number of rotatable bonds is 5. The first-order chi connectivity index (χ1) is 8.74. The Balaban J connectivity index is 3.34. The SMILES string of the molecule is CCOP(=O)(OCC)c1cc(C(F)(F)F)ccc1Cl. The Morgan fingerprint density at radius 3 is 2.16 bits per heavy atom. The smallest absolute Gasteiger partial charge is 0.305 e. The van der Waals surface area contributed by atoms with Gasteiger partial charge in [0.1, 0.15) is 0 Å². The standard InChI is InChI=1S/C11H13ClF3O3P/c1-3-17-19(16,18-4-2)10-7-8(11(13,14)15)5-6-9(10)12/h5-7H,3-4H2,1-2H3. The van der Waals surface area contributed by atoms with E-state index < -0.39 is 19.3 Å². The average Bonchev–Trinajstić information content (AvgIpc) is 2.28. The summed E-state index contributed by atoms with van der Waals surface area (Å²) >= 11 is 5.80. The molecule has 0 aliphatic carbocycles. The van der Waals surface area contributed by atoms with Crippen molar-refractivity contribution >= 4 is 24.5 Å². The van der Waals surface area contributed by atoms with Crippen LogP contribution in [0.1, 0.15) is 19.4 Å². The van der Waals surface area contributed by atoms with Gasteiger partial charge in [-0.3, -0.25) is 4.57 Å². The summed E-state index contributed by atoms with van der Waals surface area (Å²) in [6.45, 7) is 3.19. The normalized spacial score (nSPS) is 12.7. The third-order valence-corrected chi connectivity index (χ3v) is 4.78. The van der Waals surface area contributed by atoms with Crippen LogP contribution >= 0.6 is 19.2 Å². The highest BCUT2D eigenvalue weighted by Gasteiger charge is 2.35. The quantitative estimate of drug-likeness (QED) is 0.762. The summed E-state index contributed by atoms with van der Waals surface area (Å²) in [4.78, 5) is 0. The molecule has 0 aromatic heterocycles. The van der Waals surface area contributed by atoms with Crippen molar-refractivity contribution in [2.75, 3.05) is 13.2 Å². The molecule has 0 aliphatic rings. The molecule has 8 heteroatoms. The summed E-state index contributed by atoms with van der Waals surface area (Å²) in [6, 6.07) is 2.55. The van der Waals surface area contributed by atoms with Gasteiger partial charge in [-0.05, 0) is 32.0 Å². The van der Waals surface area contributed by atoms with Gasteiger partial charge in [0.2, 0.25) is 0 Å². The average molecular weight is 317 g/mol. The maximum atomic E-state index is 12.6. The first-order valence-corrected chi connectivity index (χ1v) is 7.43. The molecule has 108 valence electrons. The predicted molar refractivity (Wildman–Crippen MR) is 66.9 cm³/mol. The van der Waals surface area contributed by atoms with Crippen molar-refractivity contribution in [1.82, 2.24) is 0 Å². The topological polar surface area (TPSA) is 35.5 Å². The number of benzene rings is 1. The van der Waals surface area contributed by atoms with Gasteiger partial charge in [-0.1, -0.05) is 11.6 Å². The molecule has 19 heavy (non-hydrogen) atoms. The van der Waals surface area contributed by atoms with Crippen LogP contribution in [0.4, 0.5) is 13.2 Å². The first-order valence-electron chi connectivity index (χ1n) is 5.51. The van der Waals surface area contributed by atoms with Crippen LogP contribution in [0.3, 0.4) is 0 Å². The van der Waals surface area contributed by atoms with Gasteiger partial charge in [-0.25, -0.2) is 0 Å². The molecule has 1 rings (SSSR count). The van der Waals surface area contributed by atoms with E-state index in [9.17, 15) is 17.7 Å². The van der Waals surface area contributed by atoms with Gasteiger partial charge in [-0.2, -0.15) is 13.2 Å². The Bertz CT molecular complexity index is 481. The lowest BCUT2D eigenvalue weighted by Crippen LogP contribution is -2.16. The van der Waals surface area contributed by atoms with Crippen LogP contribution < -0.4 is 5.30 Å². The Morgan fingerprint density at radius 2 is 1.74 bits per heavy atom. The molecule has 0 bridgehead atoms. The van der Waals surface area contributed by atoms with Crippen LogP contribution in [0, 0.1) is 0 Å². The molecular formula is C11H13ClF3O3P. The maximum absolute atomic E-state index is 12.6. The summed E-state index contributed by atoms with van der Waals surface area (Å²) < 4.78 is 60.3. The lowest BCUT2D eigenvalue weighted by molar-refractivity contribution is -0.137. The minimum absolute atomic E-state index is 0.0316. The fourth-order valence-electron chi connectivity index (χ4n) is 1.42. The van der Waals surface area contributed by atoms with Crippen LogP contribution in [0.5, 0.6) is 0 Å². The molecule has 1 aromatic rings. The summed E-state index contributed by atoms with van der Waals surface area (Å²) in [5.74, 6) is 0. The van der Waals surface area contributed by atoms with Gasteiger partial charge in [0.05, 0.1) is 29.1 Å². The van der Waals surface area contributed by atoms with E-state index in [4.69, 9.17) is 20.6 Å². The maximum Gasteiger partial charge on any atom is 0.416 e. The number of hydrogen-bond acceptors (Lipinski definition) is 3. The van der Waals surface area contributed by atoms with E-state index in [1.807, 2.05) is 0 Å². The molecule has 0 atom stereocenters. The van der Waals surface area contributed by atoms with Gasteiger partial charge in [0.15, 0.2) is 0 Å². The monoisotopic (exact) mass is 316 g/mol. The molecule has 1 aromatic carbocycles. The van der Waals surface area contributed by atoms with Crippen molar-refractivity contribution in [1.29, 1.82) is 0 Å². The molecule has 0 saturated heterocycles. The van der Waals surface area contributed by atoms with Gasteiger partial charge in [0.25, 0.3) is 0 Å². The molecule has 0 unspecified atom stereocenters. The van der Waals surface area contributed by atoms with E-state index in [1.165, 1.54) is 0 Å². The van der Waals surface area contributed by atoms with E-state index in [0.29, 0.717) is 6.07 Å². The molecule has 0 radical (unpaired) electrons. The second kappa shape index (κ2) is 6.27. The fraction of sp³-hybridized carbons (Fsp3) is 0.455. The van der Waals surface area contributed by atoms with Crippen LogP contribution in [0.15, 0.2) is 18.2 Å². The molecule has 0 amide bonds. The van der Waals surface area contributed by atoms with Gasteiger partial charge >= 0.3 is 13.8 Å². The minimum atomic E-state index is -4.55. The van der Waals surface area contributed by atoms with Gasteiger partial charge < -0.3 is 9.05 Å². The summed E-state index contributed by atoms with van der Waals surface area (Å²) in [7, 11) is -3.84. The Labute approximate surface area is 114 Å². The zero-order chi connectivity index (χ0) is 14.7. The number of halogens is 4. The van der Waals surface area contributed by atoms with Crippen LogP contribution in [0.25, 0.3) is 0 Å². The van der Waals surface area contributed by atoms with E-state index in [1.54, 1.807) is 13.8 Å². The second-order valence-corrected chi connectivity index (χ2v) is 5.90. The first kappa shape index (κ1) is 16.5. The Kier molecular flexibility index (Phi) is 5.44. The number of hydrogen-bond donors (Lipinski definition) is 0. The van der Waals surface area contributed by atoms with Crippen molar-refractivity contribution in [2.45, 2.75) is 20.0 Å². The summed E-state index contributed by atoms with van der Waals surface area (Å²) in [6.07, 6.45) is -4.55. The summed E-state index contributed by atoms with van der Waals surface area (Å²) in [5.41, 5.74) is -0.952. The summed E-state index contributed by atoms with van der Waals surface area (Å²) in [5, 5.41) is -0.356. The Morgan fingerprint density at radius 1 is 1.21 bits per heavy atom. The Hall–Kier alpha value is -0.550. The molecular weight excluding hydrogens is 304 g/mol. The fourth-order valence-corrected chi connectivity index (χ4v) is 3.51. The lowest BCUT2D eigenvalue weighted by atomic mass is 10.2. The predicted octanol–water partition coefficient (Wildman–Crippen LogP) is 4.25. The van der Waals surface area contributed by atoms with Crippen LogP contribution in [0.2, 0.25) is 5.02 Å². The number of alkyl halides is 3. The van der Waals surface area contributed by atoms with Crippen LogP contribution in [-0.4, -0.2) is 13.2 Å². The van der Waals surface area contributed by atoms with Crippen molar-refractivity contribution in [2.24, 2.45) is 0 Å². The van der Waals surface area contributed by atoms with Crippen molar-refractivity contribution < 1.29 is 26.8 Å². The minimum Gasteiger partial charge on any atom is -0.305 e. The highest BCUT2D eigenvalue weighted by Crippen LogP contribution is 2.49. The van der Waals surface area contributed by atoms with E-state index in [2.05, 4.69) is 0 Å². The zero-order valence-electron chi connectivity index (χ0n) is 10.3. The molecule has 3 nitrogen and oxygen atoms in total. The van der Waals surface area contributed by atoms with Crippen molar-refractivity contribution in [3.05, 3.63) is 28.8 Å². The highest BCUT2D eigenvalue weighted by molar-refractivity contribution is 7.62. The van der Waals surface area contributed by atoms with Crippen LogP contribution in [-0.2, 0) is 19.8 Å². The zero-order valence-corrected chi connectivity index (χ0v) is 12.0. The molecule has 0 fully saturated rings. The highest BCUT2D eigenvalue weighted by atomic mass is 35.5. The van der Waals surface area contributed by atoms with Gasteiger partial charge in [0, 0.05) is 0 Å². The van der Waals surface area contributed by atoms with E-state index >= 15 is 0 Å². The molecule has 0 N–H and O–H groups in total. The van der Waals surface area contributed by atoms with Crippen molar-refractivity contribution in [3.8, 4) is 0 Å². The van der Waals surface area contributed by atoms with E-state index in [0.717, 1.165) is 12.1 Å². The van der Waals surface area contributed by atoms with E-state index in [-0.39, 0.29) is 23.5 Å². The van der Waals surface area contributed by atoms with Crippen molar-refractivity contribution in [3.63, 3.8) is 0 Å². The van der Waals surface area contributed by atoms with Gasteiger partial charge in [-0.15, -0.1) is 0 Å². The lowest BCUT2D eigenvalue weighted by Gasteiger charge is -2.19. The largest absolute Gasteiger partial charge is 0.416 e. The third-order valence-electron chi connectivity index (χ3n) is 2.17.